The minimum Gasteiger partial charge on any atom is -0.504 e. The standard InChI is InChI=1S/C18H18O3/c1-12-4-7-15(13(2)10-12)16(19)8-5-14-6-9-18(21-3)17(20)11-14/h4-11,20H,1-3H3/b8-5+. The Kier molecular flexibility index (Phi) is 4.43. The van der Waals surface area contributed by atoms with Crippen LogP contribution in [0.15, 0.2) is 42.5 Å². The van der Waals surface area contributed by atoms with Gasteiger partial charge in [0.1, 0.15) is 0 Å². The van der Waals surface area contributed by atoms with E-state index in [9.17, 15) is 9.90 Å². The second kappa shape index (κ2) is 6.27. The van der Waals surface area contributed by atoms with E-state index in [1.165, 1.54) is 13.2 Å². The SMILES string of the molecule is COc1ccc(/C=C/C(=O)c2ccc(C)cc2C)cc1O. The van der Waals surface area contributed by atoms with E-state index in [4.69, 9.17) is 4.74 Å². The van der Waals surface area contributed by atoms with Gasteiger partial charge in [-0.3, -0.25) is 4.79 Å². The molecule has 3 heteroatoms. The third-order valence-corrected chi connectivity index (χ3v) is 3.28. The molecule has 0 unspecified atom stereocenters. The maximum atomic E-state index is 12.2. The van der Waals surface area contributed by atoms with Crippen LogP contribution in [0.2, 0.25) is 0 Å². The fourth-order valence-corrected chi connectivity index (χ4v) is 2.16. The summed E-state index contributed by atoms with van der Waals surface area (Å²) in [5.41, 5.74) is 3.52. The predicted molar refractivity (Wildman–Crippen MR) is 83.9 cm³/mol. The van der Waals surface area contributed by atoms with Crippen LogP contribution < -0.4 is 4.74 Å². The van der Waals surface area contributed by atoms with Gasteiger partial charge in [-0.15, -0.1) is 0 Å². The van der Waals surface area contributed by atoms with Gasteiger partial charge >= 0.3 is 0 Å². The van der Waals surface area contributed by atoms with E-state index in [0.717, 1.165) is 16.7 Å². The van der Waals surface area contributed by atoms with Crippen molar-refractivity contribution in [1.29, 1.82) is 0 Å². The number of aryl methyl sites for hydroxylation is 2. The highest BCUT2D eigenvalue weighted by Crippen LogP contribution is 2.26. The summed E-state index contributed by atoms with van der Waals surface area (Å²) in [4.78, 5) is 12.2. The van der Waals surface area contributed by atoms with Gasteiger partial charge in [0.05, 0.1) is 7.11 Å². The predicted octanol–water partition coefficient (Wildman–Crippen LogP) is 3.91. The number of hydrogen-bond acceptors (Lipinski definition) is 3. The van der Waals surface area contributed by atoms with E-state index in [1.807, 2.05) is 32.0 Å². The molecule has 0 radical (unpaired) electrons. The van der Waals surface area contributed by atoms with Gasteiger partial charge in [-0.25, -0.2) is 0 Å². The monoisotopic (exact) mass is 282 g/mol. The number of benzene rings is 2. The van der Waals surface area contributed by atoms with Crippen LogP contribution in [-0.4, -0.2) is 18.0 Å². The summed E-state index contributed by atoms with van der Waals surface area (Å²) in [5.74, 6) is 0.411. The highest BCUT2D eigenvalue weighted by atomic mass is 16.5. The first kappa shape index (κ1) is 14.9. The molecule has 2 rings (SSSR count). The van der Waals surface area contributed by atoms with Crippen molar-refractivity contribution in [2.45, 2.75) is 13.8 Å². The molecule has 0 aliphatic heterocycles. The van der Waals surface area contributed by atoms with Gasteiger partial charge in [0, 0.05) is 5.56 Å². The zero-order chi connectivity index (χ0) is 15.4. The Bertz CT molecular complexity index is 700. The normalized spacial score (nSPS) is 10.8. The maximum Gasteiger partial charge on any atom is 0.186 e. The average molecular weight is 282 g/mol. The molecule has 0 spiro atoms. The van der Waals surface area contributed by atoms with Gasteiger partial charge in [0.15, 0.2) is 17.3 Å². The number of phenolic OH excluding ortho intramolecular Hbond substituents is 1. The van der Waals surface area contributed by atoms with Crippen LogP contribution in [0.3, 0.4) is 0 Å². The third-order valence-electron chi connectivity index (χ3n) is 3.28. The fourth-order valence-electron chi connectivity index (χ4n) is 2.16. The lowest BCUT2D eigenvalue weighted by Crippen LogP contribution is -1.98. The number of phenols is 1. The Hall–Kier alpha value is -2.55. The topological polar surface area (TPSA) is 46.5 Å². The number of hydrogen-bond donors (Lipinski definition) is 1. The molecule has 2 aromatic rings. The van der Waals surface area contributed by atoms with E-state index in [0.29, 0.717) is 11.3 Å². The van der Waals surface area contributed by atoms with Crippen LogP contribution in [-0.2, 0) is 0 Å². The molecule has 1 N–H and O–H groups in total. The Morgan fingerprint density at radius 1 is 1.14 bits per heavy atom. The number of carbonyl (C=O) groups is 1. The van der Waals surface area contributed by atoms with Crippen LogP contribution >= 0.6 is 0 Å². The number of rotatable bonds is 4. The van der Waals surface area contributed by atoms with E-state index in [2.05, 4.69) is 0 Å². The van der Waals surface area contributed by atoms with Gasteiger partial charge in [0.2, 0.25) is 0 Å². The molecule has 0 heterocycles. The Morgan fingerprint density at radius 3 is 2.52 bits per heavy atom. The van der Waals surface area contributed by atoms with Crippen molar-refractivity contribution >= 4 is 11.9 Å². The van der Waals surface area contributed by atoms with Gasteiger partial charge in [-0.05, 0) is 43.2 Å². The molecule has 0 bridgehead atoms. The summed E-state index contributed by atoms with van der Waals surface area (Å²) in [7, 11) is 1.49. The van der Waals surface area contributed by atoms with E-state index < -0.39 is 0 Å². The Balaban J connectivity index is 2.20. The second-order valence-corrected chi connectivity index (χ2v) is 4.95. The second-order valence-electron chi connectivity index (χ2n) is 4.95. The van der Waals surface area contributed by atoms with Crippen molar-refractivity contribution in [2.75, 3.05) is 7.11 Å². The van der Waals surface area contributed by atoms with Gasteiger partial charge in [-0.2, -0.15) is 0 Å². The lowest BCUT2D eigenvalue weighted by Gasteiger charge is -2.04. The molecule has 0 aromatic heterocycles. The molecule has 3 nitrogen and oxygen atoms in total. The summed E-state index contributed by atoms with van der Waals surface area (Å²) in [6.45, 7) is 3.92. The van der Waals surface area contributed by atoms with Crippen LogP contribution in [0, 0.1) is 13.8 Å². The first-order chi connectivity index (χ1) is 10.0. The lowest BCUT2D eigenvalue weighted by atomic mass is 10.0. The van der Waals surface area contributed by atoms with Crippen LogP contribution in [0.5, 0.6) is 11.5 Å². The summed E-state index contributed by atoms with van der Waals surface area (Å²) >= 11 is 0. The Morgan fingerprint density at radius 2 is 1.90 bits per heavy atom. The molecule has 2 aromatic carbocycles. The number of ketones is 1. The average Bonchev–Trinajstić information content (AvgIpc) is 2.45. The number of methoxy groups -OCH3 is 1. The van der Waals surface area contributed by atoms with Crippen molar-refractivity contribution in [2.24, 2.45) is 0 Å². The highest BCUT2D eigenvalue weighted by molar-refractivity contribution is 6.07. The number of carbonyl (C=O) groups excluding carboxylic acids is 1. The van der Waals surface area contributed by atoms with Gasteiger partial charge < -0.3 is 9.84 Å². The van der Waals surface area contributed by atoms with Gasteiger partial charge in [-0.1, -0.05) is 35.9 Å². The summed E-state index contributed by atoms with van der Waals surface area (Å²) in [6.07, 6.45) is 3.19. The molecular weight excluding hydrogens is 264 g/mol. The highest BCUT2D eigenvalue weighted by Gasteiger charge is 2.06. The van der Waals surface area contributed by atoms with Crippen LogP contribution in [0.1, 0.15) is 27.0 Å². The quantitative estimate of drug-likeness (QED) is 0.683. The molecule has 108 valence electrons. The maximum absolute atomic E-state index is 12.2. The molecule has 0 amide bonds. The van der Waals surface area contributed by atoms with Crippen molar-refractivity contribution in [3.8, 4) is 11.5 Å². The number of ether oxygens (including phenoxy) is 1. The van der Waals surface area contributed by atoms with Crippen molar-refractivity contribution in [3.63, 3.8) is 0 Å². The summed E-state index contributed by atoms with van der Waals surface area (Å²) < 4.78 is 4.98. The van der Waals surface area contributed by atoms with Crippen LogP contribution in [0.25, 0.3) is 6.08 Å². The van der Waals surface area contributed by atoms with Crippen molar-refractivity contribution in [3.05, 3.63) is 64.7 Å². The van der Waals surface area contributed by atoms with Crippen molar-refractivity contribution in [1.82, 2.24) is 0 Å². The molecule has 0 aliphatic rings. The van der Waals surface area contributed by atoms with Crippen molar-refractivity contribution < 1.29 is 14.6 Å². The zero-order valence-electron chi connectivity index (χ0n) is 12.4. The molecule has 0 saturated heterocycles. The first-order valence-corrected chi connectivity index (χ1v) is 6.68. The molecular formula is C18H18O3. The molecule has 0 saturated carbocycles. The molecule has 0 aliphatic carbocycles. The number of aromatic hydroxyl groups is 1. The largest absolute Gasteiger partial charge is 0.504 e. The molecule has 21 heavy (non-hydrogen) atoms. The summed E-state index contributed by atoms with van der Waals surface area (Å²) in [6, 6.07) is 10.8. The van der Waals surface area contributed by atoms with E-state index in [1.54, 1.807) is 24.3 Å². The minimum atomic E-state index is -0.0530. The smallest absolute Gasteiger partial charge is 0.186 e. The lowest BCUT2D eigenvalue weighted by molar-refractivity contribution is 0.104. The third kappa shape index (κ3) is 3.51. The van der Waals surface area contributed by atoms with E-state index in [-0.39, 0.29) is 11.5 Å². The first-order valence-electron chi connectivity index (χ1n) is 6.68. The van der Waals surface area contributed by atoms with Crippen LogP contribution in [0.4, 0.5) is 0 Å². The fraction of sp³-hybridized carbons (Fsp3) is 0.167. The number of allylic oxidation sites excluding steroid dienone is 1. The molecule has 0 fully saturated rings. The molecule has 0 atom stereocenters. The zero-order valence-corrected chi connectivity index (χ0v) is 12.4. The Labute approximate surface area is 124 Å². The summed E-state index contributed by atoms with van der Waals surface area (Å²) in [5, 5.41) is 9.70. The van der Waals surface area contributed by atoms with E-state index >= 15 is 0 Å². The minimum absolute atomic E-state index is 0.0530. The van der Waals surface area contributed by atoms with Gasteiger partial charge in [0.25, 0.3) is 0 Å².